The highest BCUT2D eigenvalue weighted by Crippen LogP contribution is 2.37. The minimum Gasteiger partial charge on any atom is -0.493 e. The summed E-state index contributed by atoms with van der Waals surface area (Å²) >= 11 is 6.74. The van der Waals surface area contributed by atoms with Crippen molar-refractivity contribution in [1.82, 2.24) is 4.90 Å². The molecule has 3 nitrogen and oxygen atoms in total. The highest BCUT2D eigenvalue weighted by molar-refractivity contribution is 8.26. The average Bonchev–Trinajstić information content (AvgIpc) is 2.89. The van der Waals surface area contributed by atoms with E-state index in [1.807, 2.05) is 31.2 Å². The van der Waals surface area contributed by atoms with Gasteiger partial charge in [-0.2, -0.15) is 0 Å². The second-order valence-electron chi connectivity index (χ2n) is 5.88. The van der Waals surface area contributed by atoms with Gasteiger partial charge in [0, 0.05) is 12.1 Å². The number of fused-ring (bicyclic) bond motifs is 1. The maximum atomic E-state index is 12.7. The Morgan fingerprint density at radius 2 is 1.96 bits per heavy atom. The van der Waals surface area contributed by atoms with Crippen LogP contribution >= 0.6 is 24.0 Å². The van der Waals surface area contributed by atoms with E-state index in [-0.39, 0.29) is 5.91 Å². The molecule has 2 aromatic rings. The van der Waals surface area contributed by atoms with Crippen molar-refractivity contribution in [1.29, 1.82) is 0 Å². The molecule has 0 aromatic heterocycles. The van der Waals surface area contributed by atoms with Gasteiger partial charge in [0.2, 0.25) is 0 Å². The molecule has 0 spiro atoms. The Hall–Kier alpha value is -1.85. The first kappa shape index (κ1) is 18.0. The zero-order valence-corrected chi connectivity index (χ0v) is 16.1. The molecular formula is C20H21NO2S2. The van der Waals surface area contributed by atoms with E-state index in [0.29, 0.717) is 22.4 Å². The Labute approximate surface area is 158 Å². The van der Waals surface area contributed by atoms with Gasteiger partial charge in [0.15, 0.2) is 0 Å². The highest BCUT2D eigenvalue weighted by Gasteiger charge is 2.31. The van der Waals surface area contributed by atoms with Gasteiger partial charge in [0.05, 0.1) is 11.5 Å². The number of benzene rings is 2. The number of amides is 1. The molecule has 1 aliphatic heterocycles. The van der Waals surface area contributed by atoms with Gasteiger partial charge in [-0.05, 0) is 35.8 Å². The van der Waals surface area contributed by atoms with Crippen LogP contribution < -0.4 is 4.74 Å². The van der Waals surface area contributed by atoms with Gasteiger partial charge >= 0.3 is 0 Å². The maximum absolute atomic E-state index is 12.7. The molecule has 1 saturated heterocycles. The van der Waals surface area contributed by atoms with Crippen LogP contribution in [0.2, 0.25) is 0 Å². The molecule has 0 saturated carbocycles. The van der Waals surface area contributed by atoms with Gasteiger partial charge in [-0.1, -0.05) is 68.2 Å². The predicted molar refractivity (Wildman–Crippen MR) is 110 cm³/mol. The van der Waals surface area contributed by atoms with E-state index < -0.39 is 0 Å². The molecule has 0 N–H and O–H groups in total. The lowest BCUT2D eigenvalue weighted by Gasteiger charge is -2.13. The third kappa shape index (κ3) is 3.72. The Kier molecular flexibility index (Phi) is 5.76. The first-order chi connectivity index (χ1) is 12.2. The van der Waals surface area contributed by atoms with E-state index in [0.717, 1.165) is 34.9 Å². The minimum atomic E-state index is -0.00812. The number of carbonyl (C=O) groups is 1. The Bertz CT molecular complexity index is 845. The van der Waals surface area contributed by atoms with Crippen LogP contribution in [0.5, 0.6) is 5.75 Å². The van der Waals surface area contributed by atoms with Crippen molar-refractivity contribution >= 4 is 51.1 Å². The quantitative estimate of drug-likeness (QED) is 0.513. The number of nitrogens with zero attached hydrogens (tertiary/aromatic N) is 1. The molecule has 1 aliphatic rings. The van der Waals surface area contributed by atoms with Crippen LogP contribution in [0.15, 0.2) is 41.3 Å². The molecule has 1 fully saturated rings. The molecule has 3 rings (SSSR count). The zero-order valence-electron chi connectivity index (χ0n) is 14.5. The van der Waals surface area contributed by atoms with Gasteiger partial charge in [-0.25, -0.2) is 0 Å². The van der Waals surface area contributed by atoms with Crippen LogP contribution in [0.1, 0.15) is 32.3 Å². The smallest absolute Gasteiger partial charge is 0.266 e. The van der Waals surface area contributed by atoms with Crippen LogP contribution in [0.25, 0.3) is 16.8 Å². The van der Waals surface area contributed by atoms with Gasteiger partial charge in [-0.15, -0.1) is 0 Å². The van der Waals surface area contributed by atoms with E-state index in [2.05, 4.69) is 25.1 Å². The van der Waals surface area contributed by atoms with Crippen molar-refractivity contribution in [2.75, 3.05) is 13.2 Å². The number of ether oxygens (including phenoxy) is 1. The Balaban J connectivity index is 2.07. The maximum Gasteiger partial charge on any atom is 0.266 e. The summed E-state index contributed by atoms with van der Waals surface area (Å²) in [5, 5.41) is 2.21. The monoisotopic (exact) mass is 371 g/mol. The molecule has 2 aromatic carbocycles. The van der Waals surface area contributed by atoms with E-state index in [1.165, 1.54) is 11.8 Å². The van der Waals surface area contributed by atoms with Gasteiger partial charge in [-0.3, -0.25) is 9.69 Å². The molecule has 1 amide bonds. The number of rotatable bonds is 6. The van der Waals surface area contributed by atoms with E-state index >= 15 is 0 Å². The molecule has 0 aliphatic carbocycles. The summed E-state index contributed by atoms with van der Waals surface area (Å²) in [5.74, 6) is 0.799. The summed E-state index contributed by atoms with van der Waals surface area (Å²) in [5.41, 5.74) is 0.948. The summed E-state index contributed by atoms with van der Waals surface area (Å²) in [6.07, 6.45) is 3.76. The van der Waals surface area contributed by atoms with Crippen molar-refractivity contribution in [2.24, 2.45) is 0 Å². The topological polar surface area (TPSA) is 29.5 Å². The van der Waals surface area contributed by atoms with Gasteiger partial charge in [0.1, 0.15) is 10.1 Å². The van der Waals surface area contributed by atoms with Crippen LogP contribution in [0, 0.1) is 0 Å². The van der Waals surface area contributed by atoms with Crippen molar-refractivity contribution in [2.45, 2.75) is 26.7 Å². The first-order valence-electron chi connectivity index (χ1n) is 8.55. The van der Waals surface area contributed by atoms with Crippen molar-refractivity contribution in [3.8, 4) is 5.75 Å². The zero-order chi connectivity index (χ0) is 17.8. The summed E-state index contributed by atoms with van der Waals surface area (Å²) in [4.78, 5) is 15.0. The molecule has 25 heavy (non-hydrogen) atoms. The lowest BCUT2D eigenvalue weighted by Crippen LogP contribution is -2.28. The Morgan fingerprint density at radius 1 is 1.16 bits per heavy atom. The van der Waals surface area contributed by atoms with E-state index in [9.17, 15) is 4.79 Å². The standard InChI is InChI=1S/C20H21NO2S2/c1-3-11-21-19(22)18(25-20(21)24)13-16-15-8-6-5-7-14(15)9-10-17(16)23-12-4-2/h5-10,13H,3-4,11-12H2,1-2H3/b18-13+. The molecule has 130 valence electrons. The first-order valence-corrected chi connectivity index (χ1v) is 9.78. The van der Waals surface area contributed by atoms with Crippen molar-refractivity contribution in [3.05, 3.63) is 46.9 Å². The normalized spacial score (nSPS) is 16.2. The fourth-order valence-electron chi connectivity index (χ4n) is 2.81. The lowest BCUT2D eigenvalue weighted by atomic mass is 10.0. The molecule has 0 bridgehead atoms. The minimum absolute atomic E-state index is 0.00812. The van der Waals surface area contributed by atoms with Crippen LogP contribution in [0.3, 0.4) is 0 Å². The van der Waals surface area contributed by atoms with Crippen LogP contribution in [-0.2, 0) is 4.79 Å². The van der Waals surface area contributed by atoms with Gasteiger partial charge < -0.3 is 4.74 Å². The Morgan fingerprint density at radius 3 is 2.72 bits per heavy atom. The molecule has 5 heteroatoms. The number of hydrogen-bond acceptors (Lipinski definition) is 4. The highest BCUT2D eigenvalue weighted by atomic mass is 32.2. The molecule has 1 heterocycles. The summed E-state index contributed by atoms with van der Waals surface area (Å²) in [6.45, 7) is 5.44. The summed E-state index contributed by atoms with van der Waals surface area (Å²) in [6, 6.07) is 12.2. The van der Waals surface area contributed by atoms with Crippen LogP contribution in [-0.4, -0.2) is 28.3 Å². The molecular weight excluding hydrogens is 350 g/mol. The predicted octanol–water partition coefficient (Wildman–Crippen LogP) is 5.24. The molecule has 0 radical (unpaired) electrons. The van der Waals surface area contributed by atoms with E-state index in [4.69, 9.17) is 17.0 Å². The second-order valence-corrected chi connectivity index (χ2v) is 7.56. The number of hydrogen-bond donors (Lipinski definition) is 0. The third-order valence-electron chi connectivity index (χ3n) is 3.99. The summed E-state index contributed by atoms with van der Waals surface area (Å²) < 4.78 is 6.56. The SMILES string of the molecule is CCCOc1ccc2ccccc2c1/C=C1/SC(=S)N(CCC)C1=O. The van der Waals surface area contributed by atoms with Crippen LogP contribution in [0.4, 0.5) is 0 Å². The third-order valence-corrected chi connectivity index (χ3v) is 5.37. The largest absolute Gasteiger partial charge is 0.493 e. The second kappa shape index (κ2) is 8.02. The molecule has 0 atom stereocenters. The lowest BCUT2D eigenvalue weighted by molar-refractivity contribution is -0.122. The van der Waals surface area contributed by atoms with Gasteiger partial charge in [0.25, 0.3) is 5.91 Å². The fourth-order valence-corrected chi connectivity index (χ4v) is 4.10. The number of thiocarbonyl (C=S) groups is 1. The summed E-state index contributed by atoms with van der Waals surface area (Å²) in [7, 11) is 0. The number of carbonyl (C=O) groups excluding carboxylic acids is 1. The van der Waals surface area contributed by atoms with E-state index in [1.54, 1.807) is 4.90 Å². The average molecular weight is 372 g/mol. The van der Waals surface area contributed by atoms with Crippen molar-refractivity contribution < 1.29 is 9.53 Å². The van der Waals surface area contributed by atoms with Crippen molar-refractivity contribution in [3.63, 3.8) is 0 Å². The number of thioether (sulfide) groups is 1. The molecule has 0 unspecified atom stereocenters. The fraction of sp³-hybridized carbons (Fsp3) is 0.300.